The van der Waals surface area contributed by atoms with Crippen molar-refractivity contribution in [1.82, 2.24) is 5.32 Å². The van der Waals surface area contributed by atoms with Crippen molar-refractivity contribution in [3.8, 4) is 0 Å². The van der Waals surface area contributed by atoms with E-state index in [1.54, 1.807) is 0 Å². The van der Waals surface area contributed by atoms with Gasteiger partial charge in [0.15, 0.2) is 0 Å². The number of carboxylic acid groups (broad SMARTS) is 1. The minimum Gasteiger partial charge on any atom is -0.550 e. The van der Waals surface area contributed by atoms with Crippen molar-refractivity contribution in [1.29, 1.82) is 0 Å². The molecule has 0 aromatic rings. The van der Waals surface area contributed by atoms with E-state index in [4.69, 9.17) is 5.11 Å². The Balaban J connectivity index is 0.00000169. The Bertz CT molecular complexity index is 243. The van der Waals surface area contributed by atoms with Gasteiger partial charge in [0.25, 0.3) is 0 Å². The second-order valence-electron chi connectivity index (χ2n) is 3.41. The van der Waals surface area contributed by atoms with Crippen LogP contribution in [0.1, 0.15) is 13.8 Å². The summed E-state index contributed by atoms with van der Waals surface area (Å²) >= 11 is 0. The molecule has 0 aromatic heterocycles. The number of carbonyl (C=O) groups is 2. The number of hydrogen-bond donors (Lipinski definition) is 2. The van der Waals surface area contributed by atoms with Gasteiger partial charge in [0.1, 0.15) is 0 Å². The van der Waals surface area contributed by atoms with Crippen molar-refractivity contribution in [2.75, 3.05) is 0 Å². The summed E-state index contributed by atoms with van der Waals surface area (Å²) in [6.45, 7) is 2.92. The molecule has 1 fully saturated rings. The van der Waals surface area contributed by atoms with Gasteiger partial charge < -0.3 is 20.3 Å². The van der Waals surface area contributed by atoms with Crippen LogP contribution >= 0.6 is 0 Å². The molecule has 2 N–H and O–H groups in total. The van der Waals surface area contributed by atoms with Gasteiger partial charge in [-0.15, -0.1) is 0 Å². The Kier molecular flexibility index (Phi) is 5.08. The first-order chi connectivity index (χ1) is 5.95. The van der Waals surface area contributed by atoms with Gasteiger partial charge in [-0.1, -0.05) is 6.92 Å². The van der Waals surface area contributed by atoms with E-state index < -0.39 is 30.0 Å². The number of β-lactam (4-membered cyclic amide) rings is 1. The van der Waals surface area contributed by atoms with Crippen LogP contribution < -0.4 is 40.0 Å². The molecule has 0 aliphatic carbocycles. The van der Waals surface area contributed by atoms with Crippen LogP contribution in [-0.4, -0.2) is 29.1 Å². The zero-order valence-electron chi connectivity index (χ0n) is 8.48. The first-order valence-corrected chi connectivity index (χ1v) is 4.14. The van der Waals surface area contributed by atoms with Crippen LogP contribution in [0.25, 0.3) is 0 Å². The van der Waals surface area contributed by atoms with Crippen molar-refractivity contribution in [2.24, 2.45) is 11.8 Å². The van der Waals surface area contributed by atoms with Gasteiger partial charge >= 0.3 is 29.6 Å². The molecule has 74 valence electrons. The van der Waals surface area contributed by atoms with Gasteiger partial charge in [-0.3, -0.25) is 4.79 Å². The summed E-state index contributed by atoms with van der Waals surface area (Å²) in [6, 6.07) is -0.502. The van der Waals surface area contributed by atoms with Crippen molar-refractivity contribution in [2.45, 2.75) is 26.0 Å². The average molecular weight is 209 g/mol. The predicted molar refractivity (Wildman–Crippen MR) is 41.3 cm³/mol. The van der Waals surface area contributed by atoms with Crippen molar-refractivity contribution >= 4 is 11.9 Å². The average Bonchev–Trinajstić information content (AvgIpc) is 1.97. The molecule has 1 aliphatic rings. The van der Waals surface area contributed by atoms with Crippen molar-refractivity contribution in [3.05, 3.63) is 0 Å². The molecular weight excluding hydrogens is 197 g/mol. The second-order valence-corrected chi connectivity index (χ2v) is 3.41. The topological polar surface area (TPSA) is 89.5 Å². The maximum atomic E-state index is 10.9. The van der Waals surface area contributed by atoms with Gasteiger partial charge in [0.2, 0.25) is 5.91 Å². The Morgan fingerprint density at radius 1 is 1.57 bits per heavy atom. The van der Waals surface area contributed by atoms with E-state index in [-0.39, 0.29) is 35.5 Å². The number of hydrogen-bond acceptors (Lipinski definition) is 4. The van der Waals surface area contributed by atoms with Gasteiger partial charge in [0, 0.05) is 11.9 Å². The Labute approximate surface area is 104 Å². The number of carboxylic acids is 1. The van der Waals surface area contributed by atoms with Crippen LogP contribution in [0.2, 0.25) is 0 Å². The van der Waals surface area contributed by atoms with Crippen LogP contribution in [0.4, 0.5) is 0 Å². The molecule has 14 heavy (non-hydrogen) atoms. The van der Waals surface area contributed by atoms with Crippen molar-refractivity contribution in [3.63, 3.8) is 0 Å². The fourth-order valence-electron chi connectivity index (χ4n) is 1.52. The molecule has 1 rings (SSSR count). The molecule has 4 atom stereocenters. The molecule has 6 heteroatoms. The van der Waals surface area contributed by atoms with Gasteiger partial charge in [0.05, 0.1) is 18.1 Å². The molecule has 0 aromatic carbocycles. The number of amides is 1. The van der Waals surface area contributed by atoms with E-state index in [1.807, 2.05) is 0 Å². The van der Waals surface area contributed by atoms with E-state index in [2.05, 4.69) is 5.32 Å². The first-order valence-electron chi connectivity index (χ1n) is 4.14. The fourth-order valence-corrected chi connectivity index (χ4v) is 1.52. The van der Waals surface area contributed by atoms with Crippen LogP contribution in [-0.2, 0) is 9.59 Å². The normalized spacial score (nSPS) is 29.2. The molecule has 1 saturated heterocycles. The standard InChI is InChI=1S/C8H13NO4.Na/c1-3(8(12)13)6-5(4(2)10)7(11)9-6;/h3-6,10H,1-2H3,(H,9,11)(H,12,13);/q;+1/p-1. The van der Waals surface area contributed by atoms with E-state index in [1.165, 1.54) is 13.8 Å². The van der Waals surface area contributed by atoms with E-state index in [0.717, 1.165) is 0 Å². The molecule has 1 amide bonds. The summed E-state index contributed by atoms with van der Waals surface area (Å²) < 4.78 is 0. The monoisotopic (exact) mass is 209 g/mol. The Morgan fingerprint density at radius 2 is 2.07 bits per heavy atom. The van der Waals surface area contributed by atoms with Crippen LogP contribution in [0, 0.1) is 11.8 Å². The third-order valence-electron chi connectivity index (χ3n) is 2.43. The predicted octanol–water partition coefficient (Wildman–Crippen LogP) is -5.13. The molecule has 4 unspecified atom stereocenters. The number of aliphatic hydroxyl groups excluding tert-OH is 1. The SMILES string of the molecule is CC(O)C1C(=O)NC1C(C)C(=O)[O-].[Na+]. The maximum absolute atomic E-state index is 10.9. The number of aliphatic hydroxyl groups is 1. The van der Waals surface area contributed by atoms with Crippen LogP contribution in [0.5, 0.6) is 0 Å². The molecule has 0 spiro atoms. The van der Waals surface area contributed by atoms with Gasteiger partial charge in [-0.2, -0.15) is 0 Å². The van der Waals surface area contributed by atoms with Crippen molar-refractivity contribution < 1.29 is 49.4 Å². The summed E-state index contributed by atoms with van der Waals surface area (Å²) in [4.78, 5) is 21.4. The van der Waals surface area contributed by atoms with Crippen LogP contribution in [0.15, 0.2) is 0 Å². The molecule has 1 heterocycles. The minimum atomic E-state index is -1.21. The van der Waals surface area contributed by atoms with Crippen LogP contribution in [0.3, 0.4) is 0 Å². The second kappa shape index (κ2) is 5.11. The molecule has 0 bridgehead atoms. The number of nitrogens with one attached hydrogen (secondary N) is 1. The minimum absolute atomic E-state index is 0. The third kappa shape index (κ3) is 2.48. The summed E-state index contributed by atoms with van der Waals surface area (Å²) in [7, 11) is 0. The van der Waals surface area contributed by atoms with E-state index in [0.29, 0.717) is 0 Å². The summed E-state index contributed by atoms with van der Waals surface area (Å²) in [5, 5.41) is 22.1. The van der Waals surface area contributed by atoms with Gasteiger partial charge in [-0.25, -0.2) is 0 Å². The molecule has 5 nitrogen and oxygen atoms in total. The van der Waals surface area contributed by atoms with E-state index >= 15 is 0 Å². The number of aliphatic carboxylic acids is 1. The zero-order valence-corrected chi connectivity index (χ0v) is 10.5. The van der Waals surface area contributed by atoms with Gasteiger partial charge in [-0.05, 0) is 6.92 Å². The molecule has 0 saturated carbocycles. The quantitative estimate of drug-likeness (QED) is 0.359. The molecular formula is C8H12NNaO4. The summed E-state index contributed by atoms with van der Waals surface area (Å²) in [6.07, 6.45) is -0.819. The smallest absolute Gasteiger partial charge is 0.550 e. The Hall–Kier alpha value is -0.100. The largest absolute Gasteiger partial charge is 1.00 e. The maximum Gasteiger partial charge on any atom is 1.00 e. The number of rotatable bonds is 3. The van der Waals surface area contributed by atoms with E-state index in [9.17, 15) is 14.7 Å². The Morgan fingerprint density at radius 3 is 2.36 bits per heavy atom. The first kappa shape index (κ1) is 13.9. The molecule has 0 radical (unpaired) electrons. The summed E-state index contributed by atoms with van der Waals surface area (Å²) in [5.74, 6) is -2.89. The summed E-state index contributed by atoms with van der Waals surface area (Å²) in [5.41, 5.74) is 0. The number of carbonyl (C=O) groups excluding carboxylic acids is 2. The third-order valence-corrected chi connectivity index (χ3v) is 2.43. The fraction of sp³-hybridized carbons (Fsp3) is 0.750. The molecule has 1 aliphatic heterocycles. The zero-order chi connectivity index (χ0) is 10.2.